The zero-order valence-electron chi connectivity index (χ0n) is 11.6. The van der Waals surface area contributed by atoms with E-state index >= 15 is 0 Å². The number of rotatable bonds is 6. The van der Waals surface area contributed by atoms with E-state index in [1.54, 1.807) is 13.0 Å². The number of amides is 1. The maximum atomic E-state index is 11.7. The number of carbonyl (C=O) groups is 1. The molecule has 19 heavy (non-hydrogen) atoms. The van der Waals surface area contributed by atoms with Crippen LogP contribution in [0.2, 0.25) is 0 Å². The van der Waals surface area contributed by atoms with Crippen molar-refractivity contribution >= 4 is 5.91 Å². The lowest BCUT2D eigenvalue weighted by Gasteiger charge is -2.15. The Morgan fingerprint density at radius 3 is 2.47 bits per heavy atom. The van der Waals surface area contributed by atoms with Crippen LogP contribution in [0.4, 0.5) is 0 Å². The molecule has 4 N–H and O–H groups in total. The molecular weight excluding hydrogens is 244 g/mol. The second-order valence-electron chi connectivity index (χ2n) is 5.06. The van der Waals surface area contributed by atoms with Crippen molar-refractivity contribution in [2.75, 3.05) is 6.54 Å². The van der Waals surface area contributed by atoms with Crippen molar-refractivity contribution < 1.29 is 15.0 Å². The van der Waals surface area contributed by atoms with Crippen LogP contribution in [0.5, 0.6) is 11.5 Å². The summed E-state index contributed by atoms with van der Waals surface area (Å²) in [6.45, 7) is 6.97. The van der Waals surface area contributed by atoms with Gasteiger partial charge < -0.3 is 20.8 Å². The topological polar surface area (TPSA) is 81.6 Å². The molecule has 1 aromatic rings. The molecule has 5 nitrogen and oxygen atoms in total. The highest BCUT2D eigenvalue weighted by molar-refractivity contribution is 5.81. The van der Waals surface area contributed by atoms with Crippen LogP contribution in [0.1, 0.15) is 26.3 Å². The van der Waals surface area contributed by atoms with Gasteiger partial charge in [0.2, 0.25) is 5.91 Å². The van der Waals surface area contributed by atoms with Gasteiger partial charge in [-0.2, -0.15) is 0 Å². The van der Waals surface area contributed by atoms with Crippen LogP contribution in [0.15, 0.2) is 18.2 Å². The van der Waals surface area contributed by atoms with Gasteiger partial charge in [0.1, 0.15) is 0 Å². The molecular formula is C14H22N2O3. The summed E-state index contributed by atoms with van der Waals surface area (Å²) >= 11 is 0. The van der Waals surface area contributed by atoms with Gasteiger partial charge in [0, 0.05) is 13.1 Å². The summed E-state index contributed by atoms with van der Waals surface area (Å²) in [7, 11) is 0. The molecule has 0 fully saturated rings. The largest absolute Gasteiger partial charge is 0.504 e. The van der Waals surface area contributed by atoms with Gasteiger partial charge in [0.15, 0.2) is 11.5 Å². The van der Waals surface area contributed by atoms with E-state index in [-0.39, 0.29) is 23.4 Å². The molecule has 1 amide bonds. The van der Waals surface area contributed by atoms with Crippen LogP contribution < -0.4 is 10.6 Å². The lowest BCUT2D eigenvalue weighted by molar-refractivity contribution is -0.122. The Bertz CT molecular complexity index is 433. The van der Waals surface area contributed by atoms with Gasteiger partial charge >= 0.3 is 0 Å². The maximum Gasteiger partial charge on any atom is 0.236 e. The SMILES string of the molecule is CC(C)CNC(=O)C(C)NCc1ccc(O)c(O)c1. The number of aromatic hydroxyl groups is 2. The molecule has 0 aromatic heterocycles. The summed E-state index contributed by atoms with van der Waals surface area (Å²) in [5.74, 6) is 0.0737. The minimum Gasteiger partial charge on any atom is -0.504 e. The predicted octanol–water partition coefficient (Wildman–Crippen LogP) is 1.35. The van der Waals surface area contributed by atoms with Gasteiger partial charge in [-0.15, -0.1) is 0 Å². The molecule has 1 unspecified atom stereocenters. The normalized spacial score (nSPS) is 12.4. The smallest absolute Gasteiger partial charge is 0.236 e. The molecule has 1 rings (SSSR count). The van der Waals surface area contributed by atoms with Gasteiger partial charge in [0.05, 0.1) is 6.04 Å². The Morgan fingerprint density at radius 1 is 1.21 bits per heavy atom. The van der Waals surface area contributed by atoms with Gasteiger partial charge in [-0.05, 0) is 30.5 Å². The third-order valence-corrected chi connectivity index (χ3v) is 2.73. The second kappa shape index (κ2) is 6.99. The summed E-state index contributed by atoms with van der Waals surface area (Å²) in [5, 5.41) is 24.5. The number of carbonyl (C=O) groups excluding carboxylic acids is 1. The van der Waals surface area contributed by atoms with E-state index in [9.17, 15) is 15.0 Å². The van der Waals surface area contributed by atoms with E-state index in [2.05, 4.69) is 10.6 Å². The summed E-state index contributed by atoms with van der Waals surface area (Å²) in [6.07, 6.45) is 0. The molecule has 1 aromatic carbocycles. The Morgan fingerprint density at radius 2 is 1.89 bits per heavy atom. The van der Waals surface area contributed by atoms with Crippen molar-refractivity contribution in [3.8, 4) is 11.5 Å². The Balaban J connectivity index is 2.42. The molecule has 0 radical (unpaired) electrons. The van der Waals surface area contributed by atoms with E-state index in [4.69, 9.17) is 0 Å². The molecule has 0 bridgehead atoms. The first kappa shape index (κ1) is 15.3. The van der Waals surface area contributed by atoms with E-state index in [1.165, 1.54) is 12.1 Å². The van der Waals surface area contributed by atoms with Crippen LogP contribution in [-0.4, -0.2) is 28.7 Å². The monoisotopic (exact) mass is 266 g/mol. The van der Waals surface area contributed by atoms with Crippen molar-refractivity contribution in [2.24, 2.45) is 5.92 Å². The first-order valence-electron chi connectivity index (χ1n) is 6.42. The minimum atomic E-state index is -0.310. The maximum absolute atomic E-state index is 11.7. The molecule has 0 aliphatic heterocycles. The lowest BCUT2D eigenvalue weighted by atomic mass is 10.2. The number of benzene rings is 1. The minimum absolute atomic E-state index is 0.0447. The van der Waals surface area contributed by atoms with Crippen molar-refractivity contribution in [2.45, 2.75) is 33.4 Å². The van der Waals surface area contributed by atoms with Crippen molar-refractivity contribution in [3.05, 3.63) is 23.8 Å². The molecule has 5 heteroatoms. The summed E-state index contributed by atoms with van der Waals surface area (Å²) < 4.78 is 0. The molecule has 0 aliphatic rings. The van der Waals surface area contributed by atoms with E-state index < -0.39 is 0 Å². The van der Waals surface area contributed by atoms with Crippen LogP contribution >= 0.6 is 0 Å². The molecule has 0 aliphatic carbocycles. The number of phenols is 2. The zero-order chi connectivity index (χ0) is 14.4. The van der Waals surface area contributed by atoms with Crippen LogP contribution in [0.25, 0.3) is 0 Å². The zero-order valence-corrected chi connectivity index (χ0v) is 11.6. The highest BCUT2D eigenvalue weighted by Crippen LogP contribution is 2.24. The number of nitrogens with one attached hydrogen (secondary N) is 2. The van der Waals surface area contributed by atoms with Gasteiger partial charge in [-0.1, -0.05) is 19.9 Å². The fourth-order valence-corrected chi connectivity index (χ4v) is 1.50. The quantitative estimate of drug-likeness (QED) is 0.586. The van der Waals surface area contributed by atoms with Crippen molar-refractivity contribution in [1.82, 2.24) is 10.6 Å². The highest BCUT2D eigenvalue weighted by atomic mass is 16.3. The van der Waals surface area contributed by atoms with Crippen LogP contribution in [0.3, 0.4) is 0 Å². The Kier molecular flexibility index (Phi) is 5.63. The lowest BCUT2D eigenvalue weighted by Crippen LogP contribution is -2.42. The number of phenolic OH excluding ortho intramolecular Hbond substituents is 2. The van der Waals surface area contributed by atoms with E-state index in [1.807, 2.05) is 13.8 Å². The molecule has 106 valence electrons. The molecule has 0 heterocycles. The fraction of sp³-hybridized carbons (Fsp3) is 0.500. The highest BCUT2D eigenvalue weighted by Gasteiger charge is 2.12. The number of hydrogen-bond donors (Lipinski definition) is 4. The standard InChI is InChI=1S/C14H22N2O3/c1-9(2)7-16-14(19)10(3)15-8-11-4-5-12(17)13(18)6-11/h4-6,9-10,15,17-18H,7-8H2,1-3H3,(H,16,19). The average molecular weight is 266 g/mol. The van der Waals surface area contributed by atoms with Crippen molar-refractivity contribution in [3.63, 3.8) is 0 Å². The third-order valence-electron chi connectivity index (χ3n) is 2.73. The van der Waals surface area contributed by atoms with Gasteiger partial charge in [-0.25, -0.2) is 0 Å². The summed E-state index contributed by atoms with van der Waals surface area (Å²) in [6, 6.07) is 4.28. The van der Waals surface area contributed by atoms with Crippen LogP contribution in [0, 0.1) is 5.92 Å². The van der Waals surface area contributed by atoms with E-state index in [0.29, 0.717) is 19.0 Å². The summed E-state index contributed by atoms with van der Waals surface area (Å²) in [5.41, 5.74) is 0.804. The van der Waals surface area contributed by atoms with Crippen molar-refractivity contribution in [1.29, 1.82) is 0 Å². The second-order valence-corrected chi connectivity index (χ2v) is 5.06. The first-order chi connectivity index (χ1) is 8.90. The third kappa shape index (κ3) is 5.18. The molecule has 0 spiro atoms. The molecule has 0 saturated heterocycles. The fourth-order valence-electron chi connectivity index (χ4n) is 1.50. The first-order valence-corrected chi connectivity index (χ1v) is 6.42. The summed E-state index contributed by atoms with van der Waals surface area (Å²) in [4.78, 5) is 11.7. The Hall–Kier alpha value is -1.75. The predicted molar refractivity (Wildman–Crippen MR) is 73.9 cm³/mol. The van der Waals surface area contributed by atoms with Crippen LogP contribution in [-0.2, 0) is 11.3 Å². The Labute approximate surface area is 113 Å². The molecule has 1 atom stereocenters. The molecule has 0 saturated carbocycles. The van der Waals surface area contributed by atoms with Gasteiger partial charge in [0.25, 0.3) is 0 Å². The average Bonchev–Trinajstić information content (AvgIpc) is 2.36. The number of hydrogen-bond acceptors (Lipinski definition) is 4. The van der Waals surface area contributed by atoms with Gasteiger partial charge in [-0.3, -0.25) is 4.79 Å². The van der Waals surface area contributed by atoms with E-state index in [0.717, 1.165) is 5.56 Å².